The molecule has 1 amide bonds. The Morgan fingerprint density at radius 2 is 2.03 bits per heavy atom. The number of thioether (sulfide) groups is 1. The number of rotatable bonds is 8. The van der Waals surface area contributed by atoms with Crippen LogP contribution in [0.3, 0.4) is 0 Å². The molecule has 1 N–H and O–H groups in total. The summed E-state index contributed by atoms with van der Waals surface area (Å²) in [4.78, 5) is 23.1. The molecule has 1 aliphatic rings. The number of amides is 1. The first kappa shape index (κ1) is 21.9. The molecule has 1 aromatic heterocycles. The number of piperazine rings is 1. The molecule has 0 radical (unpaired) electrons. The third-order valence-corrected chi connectivity index (χ3v) is 7.30. The van der Waals surface area contributed by atoms with Gasteiger partial charge in [-0.1, -0.05) is 24.3 Å². The Labute approximate surface area is 191 Å². The molecule has 1 fully saturated rings. The number of hydrogen-bond acceptors (Lipinski definition) is 7. The predicted octanol–water partition coefficient (Wildman–Crippen LogP) is 3.97. The fourth-order valence-corrected chi connectivity index (χ4v) is 5.41. The van der Waals surface area contributed by atoms with E-state index in [1.165, 1.54) is 0 Å². The van der Waals surface area contributed by atoms with Crippen molar-refractivity contribution in [2.24, 2.45) is 0 Å². The third-order valence-electron chi connectivity index (χ3n) is 5.35. The molecule has 1 aliphatic heterocycles. The molecule has 0 unspecified atom stereocenters. The van der Waals surface area contributed by atoms with Crippen molar-refractivity contribution < 1.29 is 9.53 Å². The highest BCUT2D eigenvalue weighted by Gasteiger charge is 2.20. The largest absolute Gasteiger partial charge is 0.497 e. The standard InChI is InChI=1S/C23H28N4O2S2/c1-3-30-19-6-4-5-17(15-19)22(28)24-9-10-26-11-13-27(14-12-26)23-25-20-8-7-18(29-2)16-21(20)31-23/h4-8,15-16H,3,9-14H2,1-2H3,(H,24,28). The number of hydrogen-bond donors (Lipinski definition) is 1. The van der Waals surface area contributed by atoms with Crippen LogP contribution in [0.15, 0.2) is 47.4 Å². The minimum Gasteiger partial charge on any atom is -0.497 e. The molecule has 31 heavy (non-hydrogen) atoms. The van der Waals surface area contributed by atoms with Crippen molar-refractivity contribution in [1.82, 2.24) is 15.2 Å². The maximum atomic E-state index is 12.4. The van der Waals surface area contributed by atoms with Crippen LogP contribution in [0.1, 0.15) is 17.3 Å². The Kier molecular flexibility index (Phi) is 7.32. The lowest BCUT2D eigenvalue weighted by atomic mass is 10.2. The number of anilines is 1. The normalized spacial score (nSPS) is 14.7. The van der Waals surface area contributed by atoms with Crippen LogP contribution in [0.2, 0.25) is 0 Å². The SMILES string of the molecule is CCSc1cccc(C(=O)NCCN2CCN(c3nc4ccc(OC)cc4s3)CC2)c1. The highest BCUT2D eigenvalue weighted by atomic mass is 32.2. The van der Waals surface area contributed by atoms with Gasteiger partial charge < -0.3 is 15.0 Å². The average molecular weight is 457 g/mol. The molecule has 3 aromatic rings. The van der Waals surface area contributed by atoms with E-state index in [0.717, 1.165) is 70.0 Å². The predicted molar refractivity (Wildman–Crippen MR) is 130 cm³/mol. The maximum absolute atomic E-state index is 12.4. The van der Waals surface area contributed by atoms with Crippen molar-refractivity contribution in [2.45, 2.75) is 11.8 Å². The van der Waals surface area contributed by atoms with E-state index >= 15 is 0 Å². The summed E-state index contributed by atoms with van der Waals surface area (Å²) < 4.78 is 6.47. The van der Waals surface area contributed by atoms with E-state index in [9.17, 15) is 4.79 Å². The van der Waals surface area contributed by atoms with Crippen molar-refractivity contribution in [1.29, 1.82) is 0 Å². The Bertz CT molecular complexity index is 1030. The Hall–Kier alpha value is -2.29. The first-order valence-corrected chi connectivity index (χ1v) is 12.4. The number of aromatic nitrogens is 1. The van der Waals surface area contributed by atoms with Crippen LogP contribution in [0.4, 0.5) is 5.13 Å². The van der Waals surface area contributed by atoms with E-state index in [1.807, 2.05) is 42.5 Å². The number of ether oxygens (including phenoxy) is 1. The fraction of sp³-hybridized carbons (Fsp3) is 0.391. The summed E-state index contributed by atoms with van der Waals surface area (Å²) in [5, 5.41) is 4.13. The summed E-state index contributed by atoms with van der Waals surface area (Å²) in [6.07, 6.45) is 0. The van der Waals surface area contributed by atoms with Gasteiger partial charge in [-0.2, -0.15) is 0 Å². The monoisotopic (exact) mass is 456 g/mol. The van der Waals surface area contributed by atoms with E-state index < -0.39 is 0 Å². The molecule has 0 atom stereocenters. The smallest absolute Gasteiger partial charge is 0.251 e. The summed E-state index contributed by atoms with van der Waals surface area (Å²) in [6, 6.07) is 13.9. The average Bonchev–Trinajstić information content (AvgIpc) is 3.23. The number of carbonyl (C=O) groups excluding carboxylic acids is 1. The van der Waals surface area contributed by atoms with Crippen molar-refractivity contribution in [3.8, 4) is 5.75 Å². The number of methoxy groups -OCH3 is 1. The van der Waals surface area contributed by atoms with Gasteiger partial charge in [-0.05, 0) is 42.2 Å². The van der Waals surface area contributed by atoms with Crippen LogP contribution in [0, 0.1) is 0 Å². The number of thiazole rings is 1. The number of nitrogens with one attached hydrogen (secondary N) is 1. The molecule has 2 aromatic carbocycles. The lowest BCUT2D eigenvalue weighted by Gasteiger charge is -2.34. The molecule has 6 nitrogen and oxygen atoms in total. The van der Waals surface area contributed by atoms with Crippen molar-refractivity contribution in [2.75, 3.05) is 57.0 Å². The molecule has 0 spiro atoms. The third kappa shape index (κ3) is 5.50. The Balaban J connectivity index is 1.24. The van der Waals surface area contributed by atoms with Gasteiger partial charge in [-0.3, -0.25) is 9.69 Å². The Morgan fingerprint density at radius 1 is 1.19 bits per heavy atom. The molecular weight excluding hydrogens is 428 g/mol. The van der Waals surface area contributed by atoms with Crippen LogP contribution >= 0.6 is 23.1 Å². The first-order chi connectivity index (χ1) is 15.2. The summed E-state index contributed by atoms with van der Waals surface area (Å²) in [7, 11) is 1.69. The van der Waals surface area contributed by atoms with E-state index in [1.54, 1.807) is 30.2 Å². The molecule has 0 aliphatic carbocycles. The number of fused-ring (bicyclic) bond motifs is 1. The summed E-state index contributed by atoms with van der Waals surface area (Å²) in [6.45, 7) is 7.47. The van der Waals surface area contributed by atoms with E-state index in [4.69, 9.17) is 9.72 Å². The first-order valence-electron chi connectivity index (χ1n) is 10.6. The van der Waals surface area contributed by atoms with Crippen LogP contribution in [0.5, 0.6) is 5.75 Å². The van der Waals surface area contributed by atoms with Gasteiger partial charge >= 0.3 is 0 Å². The fourth-order valence-electron chi connectivity index (χ4n) is 3.64. The van der Waals surface area contributed by atoms with Crippen molar-refractivity contribution >= 4 is 44.4 Å². The second-order valence-electron chi connectivity index (χ2n) is 7.38. The van der Waals surface area contributed by atoms with Gasteiger partial charge in [0.2, 0.25) is 0 Å². The number of benzene rings is 2. The van der Waals surface area contributed by atoms with Crippen LogP contribution in [-0.2, 0) is 0 Å². The van der Waals surface area contributed by atoms with Crippen molar-refractivity contribution in [3.63, 3.8) is 0 Å². The van der Waals surface area contributed by atoms with Gasteiger partial charge in [0.25, 0.3) is 5.91 Å². The molecule has 4 rings (SSSR count). The van der Waals surface area contributed by atoms with Gasteiger partial charge in [-0.15, -0.1) is 11.8 Å². The van der Waals surface area contributed by atoms with E-state index in [2.05, 4.69) is 22.0 Å². The van der Waals surface area contributed by atoms with Crippen LogP contribution < -0.4 is 15.0 Å². The quantitative estimate of drug-likeness (QED) is 0.518. The number of nitrogens with zero attached hydrogens (tertiary/aromatic N) is 3. The second-order valence-corrected chi connectivity index (χ2v) is 9.72. The highest BCUT2D eigenvalue weighted by Crippen LogP contribution is 2.31. The van der Waals surface area contributed by atoms with Crippen LogP contribution in [-0.4, -0.2) is 67.9 Å². The van der Waals surface area contributed by atoms with Gasteiger partial charge in [0.1, 0.15) is 5.75 Å². The molecule has 164 valence electrons. The lowest BCUT2D eigenvalue weighted by Crippen LogP contribution is -2.48. The minimum absolute atomic E-state index is 0.00194. The summed E-state index contributed by atoms with van der Waals surface area (Å²) in [5.74, 6) is 1.87. The van der Waals surface area contributed by atoms with Crippen molar-refractivity contribution in [3.05, 3.63) is 48.0 Å². The lowest BCUT2D eigenvalue weighted by molar-refractivity contribution is 0.0947. The molecule has 2 heterocycles. The summed E-state index contributed by atoms with van der Waals surface area (Å²) in [5.41, 5.74) is 1.75. The second kappa shape index (κ2) is 10.3. The molecule has 0 saturated carbocycles. The maximum Gasteiger partial charge on any atom is 0.251 e. The topological polar surface area (TPSA) is 57.7 Å². The van der Waals surface area contributed by atoms with Crippen LogP contribution in [0.25, 0.3) is 10.2 Å². The van der Waals surface area contributed by atoms with E-state index in [0.29, 0.717) is 6.54 Å². The zero-order valence-corrected chi connectivity index (χ0v) is 19.6. The highest BCUT2D eigenvalue weighted by molar-refractivity contribution is 7.99. The van der Waals surface area contributed by atoms with Gasteiger partial charge in [0.15, 0.2) is 5.13 Å². The minimum atomic E-state index is 0.00194. The van der Waals surface area contributed by atoms with Gasteiger partial charge in [0.05, 0.1) is 17.3 Å². The molecule has 0 bridgehead atoms. The zero-order chi connectivity index (χ0) is 21.6. The van der Waals surface area contributed by atoms with E-state index in [-0.39, 0.29) is 5.91 Å². The van der Waals surface area contributed by atoms with Gasteiger partial charge in [-0.25, -0.2) is 4.98 Å². The Morgan fingerprint density at radius 3 is 2.81 bits per heavy atom. The number of carbonyl (C=O) groups is 1. The van der Waals surface area contributed by atoms with Gasteiger partial charge in [0, 0.05) is 49.7 Å². The molecule has 8 heteroatoms. The molecular formula is C23H28N4O2S2. The molecule has 1 saturated heterocycles. The zero-order valence-electron chi connectivity index (χ0n) is 18.0. The summed E-state index contributed by atoms with van der Waals surface area (Å²) >= 11 is 3.47.